The second-order valence-electron chi connectivity index (χ2n) is 3.39. The van der Waals surface area contributed by atoms with E-state index in [1.807, 2.05) is 0 Å². The van der Waals surface area contributed by atoms with Crippen LogP contribution in [0.25, 0.3) is 0 Å². The molecule has 7 nitrogen and oxygen atoms in total. The van der Waals surface area contributed by atoms with E-state index in [0.717, 1.165) is 0 Å². The lowest BCUT2D eigenvalue weighted by molar-refractivity contribution is -0.256. The summed E-state index contributed by atoms with van der Waals surface area (Å²) in [7, 11) is 1.45. The van der Waals surface area contributed by atoms with Crippen molar-refractivity contribution >= 4 is 0 Å². The van der Waals surface area contributed by atoms with Crippen LogP contribution in [0.15, 0.2) is 0 Å². The first-order valence-electron chi connectivity index (χ1n) is 4.64. The molecule has 1 fully saturated rings. The standard InChI is InChI=1S/C8H17NO6/c1-14-3-9-5-7(12)6(11)4(2-10)15-8(5)13/h4-13H,2-3H2,1H3. The molecule has 5 unspecified atom stereocenters. The topological polar surface area (TPSA) is 111 Å². The van der Waals surface area contributed by atoms with Gasteiger partial charge in [-0.1, -0.05) is 0 Å². The number of rotatable bonds is 4. The highest BCUT2D eigenvalue weighted by Crippen LogP contribution is 2.19. The molecule has 1 rings (SSSR count). The van der Waals surface area contributed by atoms with Crippen molar-refractivity contribution in [1.29, 1.82) is 0 Å². The molecular formula is C8H17NO6. The van der Waals surface area contributed by atoms with Crippen molar-refractivity contribution in [2.45, 2.75) is 30.6 Å². The molecule has 1 saturated heterocycles. The van der Waals surface area contributed by atoms with E-state index < -0.39 is 37.3 Å². The van der Waals surface area contributed by atoms with E-state index in [1.54, 1.807) is 0 Å². The molecule has 0 saturated carbocycles. The lowest BCUT2D eigenvalue weighted by Crippen LogP contribution is -2.63. The number of hydrogen-bond donors (Lipinski definition) is 5. The first-order chi connectivity index (χ1) is 7.11. The molecule has 0 aromatic carbocycles. The molecule has 0 aromatic heterocycles. The van der Waals surface area contributed by atoms with Gasteiger partial charge in [0, 0.05) is 7.11 Å². The first-order valence-corrected chi connectivity index (χ1v) is 4.64. The van der Waals surface area contributed by atoms with Gasteiger partial charge in [0.15, 0.2) is 6.29 Å². The third kappa shape index (κ3) is 2.85. The lowest BCUT2D eigenvalue weighted by atomic mass is 9.97. The SMILES string of the molecule is COCNC1C(O)OC(CO)C(O)C1O. The predicted molar refractivity (Wildman–Crippen MR) is 48.8 cm³/mol. The van der Waals surface area contributed by atoms with Gasteiger partial charge in [-0.25, -0.2) is 0 Å². The lowest BCUT2D eigenvalue weighted by Gasteiger charge is -2.40. The average molecular weight is 223 g/mol. The van der Waals surface area contributed by atoms with Crippen LogP contribution >= 0.6 is 0 Å². The van der Waals surface area contributed by atoms with Crippen LogP contribution in [0.1, 0.15) is 0 Å². The highest BCUT2D eigenvalue weighted by atomic mass is 16.6. The minimum Gasteiger partial charge on any atom is -0.394 e. The Labute approximate surface area is 87.2 Å². The van der Waals surface area contributed by atoms with Crippen LogP contribution in [-0.4, -0.2) is 71.5 Å². The van der Waals surface area contributed by atoms with E-state index >= 15 is 0 Å². The zero-order valence-corrected chi connectivity index (χ0v) is 8.41. The fraction of sp³-hybridized carbons (Fsp3) is 1.00. The number of aliphatic hydroxyl groups is 4. The van der Waals surface area contributed by atoms with Crippen molar-refractivity contribution in [1.82, 2.24) is 5.32 Å². The van der Waals surface area contributed by atoms with Crippen molar-refractivity contribution in [3.8, 4) is 0 Å². The van der Waals surface area contributed by atoms with Gasteiger partial charge in [-0.15, -0.1) is 0 Å². The highest BCUT2D eigenvalue weighted by molar-refractivity contribution is 4.92. The van der Waals surface area contributed by atoms with Gasteiger partial charge >= 0.3 is 0 Å². The van der Waals surface area contributed by atoms with Crippen LogP contribution in [-0.2, 0) is 9.47 Å². The molecule has 0 amide bonds. The van der Waals surface area contributed by atoms with Crippen molar-refractivity contribution in [2.24, 2.45) is 0 Å². The number of methoxy groups -OCH3 is 1. The quantitative estimate of drug-likeness (QED) is 0.322. The molecule has 1 heterocycles. The van der Waals surface area contributed by atoms with Crippen LogP contribution in [0, 0.1) is 0 Å². The molecule has 1 aliphatic heterocycles. The summed E-state index contributed by atoms with van der Waals surface area (Å²) in [6.07, 6.45) is -4.74. The zero-order chi connectivity index (χ0) is 11.4. The molecule has 1 aliphatic rings. The summed E-state index contributed by atoms with van der Waals surface area (Å²) < 4.78 is 9.62. The van der Waals surface area contributed by atoms with Gasteiger partial charge in [0.1, 0.15) is 18.3 Å². The first kappa shape index (κ1) is 12.8. The van der Waals surface area contributed by atoms with E-state index in [9.17, 15) is 15.3 Å². The van der Waals surface area contributed by atoms with Gasteiger partial charge in [0.05, 0.1) is 19.4 Å². The van der Waals surface area contributed by atoms with Crippen molar-refractivity contribution in [3.05, 3.63) is 0 Å². The van der Waals surface area contributed by atoms with Crippen molar-refractivity contribution in [2.75, 3.05) is 20.4 Å². The summed E-state index contributed by atoms with van der Waals surface area (Å²) in [4.78, 5) is 0. The van der Waals surface area contributed by atoms with E-state index in [-0.39, 0.29) is 6.73 Å². The van der Waals surface area contributed by atoms with Gasteiger partial charge in [-0.05, 0) is 0 Å². The van der Waals surface area contributed by atoms with Crippen LogP contribution in [0.2, 0.25) is 0 Å². The number of nitrogens with one attached hydrogen (secondary N) is 1. The Bertz CT molecular complexity index is 192. The molecule has 0 aromatic rings. The Balaban J connectivity index is 2.58. The molecule has 90 valence electrons. The highest BCUT2D eigenvalue weighted by Gasteiger charge is 2.43. The third-order valence-corrected chi connectivity index (χ3v) is 2.36. The van der Waals surface area contributed by atoms with Crippen LogP contribution < -0.4 is 5.32 Å². The number of aliphatic hydroxyl groups excluding tert-OH is 4. The second-order valence-corrected chi connectivity index (χ2v) is 3.39. The van der Waals surface area contributed by atoms with Crippen LogP contribution in [0.4, 0.5) is 0 Å². The summed E-state index contributed by atoms with van der Waals surface area (Å²) in [5.74, 6) is 0. The predicted octanol–water partition coefficient (Wildman–Crippen LogP) is -3.02. The van der Waals surface area contributed by atoms with Gasteiger partial charge in [0.25, 0.3) is 0 Å². The molecular weight excluding hydrogens is 206 g/mol. The summed E-state index contributed by atoms with van der Waals surface area (Å²) in [5, 5.41) is 40.0. The molecule has 0 spiro atoms. The van der Waals surface area contributed by atoms with Gasteiger partial charge in [-0.2, -0.15) is 0 Å². The summed E-state index contributed by atoms with van der Waals surface area (Å²) in [6, 6.07) is -0.845. The fourth-order valence-electron chi connectivity index (χ4n) is 1.50. The fourth-order valence-corrected chi connectivity index (χ4v) is 1.50. The van der Waals surface area contributed by atoms with Crippen molar-refractivity contribution < 1.29 is 29.9 Å². The Morgan fingerprint density at radius 1 is 1.27 bits per heavy atom. The van der Waals surface area contributed by atoms with Crippen LogP contribution in [0.5, 0.6) is 0 Å². The summed E-state index contributed by atoms with van der Waals surface area (Å²) in [6.45, 7) is -0.356. The molecule has 0 aliphatic carbocycles. The van der Waals surface area contributed by atoms with E-state index in [4.69, 9.17) is 14.6 Å². The monoisotopic (exact) mass is 223 g/mol. The summed E-state index contributed by atoms with van der Waals surface area (Å²) >= 11 is 0. The molecule has 0 radical (unpaired) electrons. The van der Waals surface area contributed by atoms with Gasteiger partial charge in [0.2, 0.25) is 0 Å². The Kier molecular flexibility index (Phi) is 4.87. The second kappa shape index (κ2) is 5.71. The minimum absolute atomic E-state index is 0.110. The van der Waals surface area contributed by atoms with E-state index in [0.29, 0.717) is 0 Å². The molecule has 7 heteroatoms. The zero-order valence-electron chi connectivity index (χ0n) is 8.41. The maximum atomic E-state index is 9.62. The van der Waals surface area contributed by atoms with Crippen LogP contribution in [0.3, 0.4) is 0 Å². The minimum atomic E-state index is -1.30. The largest absolute Gasteiger partial charge is 0.394 e. The number of ether oxygens (including phenoxy) is 2. The maximum absolute atomic E-state index is 9.62. The smallest absolute Gasteiger partial charge is 0.173 e. The Morgan fingerprint density at radius 3 is 2.47 bits per heavy atom. The summed E-state index contributed by atoms with van der Waals surface area (Å²) in [5.41, 5.74) is 0. The average Bonchev–Trinajstić information content (AvgIpc) is 2.23. The molecule has 0 bridgehead atoms. The van der Waals surface area contributed by atoms with E-state index in [2.05, 4.69) is 5.32 Å². The Hall–Kier alpha value is -0.280. The normalized spacial score (nSPS) is 41.8. The molecule has 5 atom stereocenters. The molecule has 5 N–H and O–H groups in total. The number of hydrogen-bond acceptors (Lipinski definition) is 7. The van der Waals surface area contributed by atoms with E-state index in [1.165, 1.54) is 7.11 Å². The van der Waals surface area contributed by atoms with Gasteiger partial charge < -0.3 is 29.9 Å². The maximum Gasteiger partial charge on any atom is 0.173 e. The molecule has 15 heavy (non-hydrogen) atoms. The van der Waals surface area contributed by atoms with Gasteiger partial charge in [-0.3, -0.25) is 5.32 Å². The van der Waals surface area contributed by atoms with Crippen molar-refractivity contribution in [3.63, 3.8) is 0 Å². The third-order valence-electron chi connectivity index (χ3n) is 2.36. The Morgan fingerprint density at radius 2 is 1.93 bits per heavy atom.